The summed E-state index contributed by atoms with van der Waals surface area (Å²) in [6.45, 7) is 1.24. The molecule has 1 aromatic carbocycles. The number of para-hydroxylation sites is 1. The van der Waals surface area contributed by atoms with Crippen molar-refractivity contribution in [1.82, 2.24) is 9.97 Å². The van der Waals surface area contributed by atoms with Gasteiger partial charge in [-0.25, -0.2) is 4.98 Å². The van der Waals surface area contributed by atoms with Crippen molar-refractivity contribution in [2.75, 3.05) is 18.5 Å². The normalized spacial score (nSPS) is 21.8. The van der Waals surface area contributed by atoms with E-state index in [4.69, 9.17) is 9.47 Å². The molecule has 2 aromatic heterocycles. The number of anilines is 1. The maximum atomic E-state index is 13.7. The SMILES string of the molecule is Fc1ccc(C2=CCOCC2)c(O[C@H]2C[C@H](Nc3nc4ccccc4s3)C2)n1. The van der Waals surface area contributed by atoms with Crippen molar-refractivity contribution in [3.8, 4) is 5.88 Å². The third kappa shape index (κ3) is 3.59. The number of aromatic nitrogens is 2. The summed E-state index contributed by atoms with van der Waals surface area (Å²) >= 11 is 1.66. The molecule has 2 aliphatic rings. The van der Waals surface area contributed by atoms with E-state index in [0.29, 0.717) is 25.1 Å². The molecule has 5 nitrogen and oxygen atoms in total. The summed E-state index contributed by atoms with van der Waals surface area (Å²) in [7, 11) is 0. The molecule has 1 saturated carbocycles. The van der Waals surface area contributed by atoms with Crippen LogP contribution in [-0.4, -0.2) is 35.3 Å². The fourth-order valence-corrected chi connectivity index (χ4v) is 4.51. The third-order valence-electron chi connectivity index (χ3n) is 5.13. The summed E-state index contributed by atoms with van der Waals surface area (Å²) in [5, 5.41) is 4.41. The van der Waals surface area contributed by atoms with Gasteiger partial charge in [0.2, 0.25) is 11.8 Å². The minimum atomic E-state index is -0.519. The topological polar surface area (TPSA) is 56.3 Å². The van der Waals surface area contributed by atoms with Gasteiger partial charge >= 0.3 is 0 Å². The van der Waals surface area contributed by atoms with Crippen LogP contribution in [0.15, 0.2) is 42.5 Å². The van der Waals surface area contributed by atoms with Gasteiger partial charge in [0.25, 0.3) is 0 Å². The van der Waals surface area contributed by atoms with Gasteiger partial charge in [0, 0.05) is 24.4 Å². The number of thiazole rings is 1. The fourth-order valence-electron chi connectivity index (χ4n) is 3.57. The van der Waals surface area contributed by atoms with Crippen molar-refractivity contribution in [1.29, 1.82) is 0 Å². The lowest BCUT2D eigenvalue weighted by Gasteiger charge is -2.35. The molecule has 0 atom stereocenters. The van der Waals surface area contributed by atoms with Gasteiger partial charge in [-0.3, -0.25) is 0 Å². The predicted molar refractivity (Wildman–Crippen MR) is 108 cm³/mol. The van der Waals surface area contributed by atoms with E-state index in [1.54, 1.807) is 17.4 Å². The number of hydrogen-bond acceptors (Lipinski definition) is 6. The highest BCUT2D eigenvalue weighted by Gasteiger charge is 2.32. The molecule has 0 spiro atoms. The fraction of sp³-hybridized carbons (Fsp3) is 0.333. The highest BCUT2D eigenvalue weighted by molar-refractivity contribution is 7.22. The van der Waals surface area contributed by atoms with Crippen LogP contribution in [-0.2, 0) is 4.74 Å². The van der Waals surface area contributed by atoms with E-state index in [1.165, 1.54) is 10.8 Å². The van der Waals surface area contributed by atoms with Gasteiger partial charge in [-0.15, -0.1) is 0 Å². The molecule has 1 fully saturated rings. The number of fused-ring (bicyclic) bond motifs is 1. The Labute approximate surface area is 166 Å². The molecular formula is C21H20FN3O2S. The van der Waals surface area contributed by atoms with Gasteiger partial charge in [-0.2, -0.15) is 9.37 Å². The van der Waals surface area contributed by atoms with E-state index >= 15 is 0 Å². The van der Waals surface area contributed by atoms with Gasteiger partial charge in [0.05, 0.1) is 23.4 Å². The lowest BCUT2D eigenvalue weighted by atomic mass is 9.89. The molecule has 7 heteroatoms. The smallest absolute Gasteiger partial charge is 0.223 e. The molecule has 1 aliphatic heterocycles. The zero-order chi connectivity index (χ0) is 18.9. The summed E-state index contributed by atoms with van der Waals surface area (Å²) < 4.78 is 26.3. The first kappa shape index (κ1) is 17.6. The lowest BCUT2D eigenvalue weighted by Crippen LogP contribution is -2.42. The highest BCUT2D eigenvalue weighted by atomic mass is 32.1. The van der Waals surface area contributed by atoms with Gasteiger partial charge in [0.15, 0.2) is 5.13 Å². The molecule has 5 rings (SSSR count). The standard InChI is InChI=1S/C21H20FN3O2S/c22-19-6-5-16(13-7-9-26-10-8-13)20(25-19)27-15-11-14(12-15)23-21-24-17-3-1-2-4-18(17)28-21/h1-7,14-15H,8-12H2,(H,23,24)/t14-,15-. The number of ether oxygens (including phenoxy) is 2. The second kappa shape index (κ2) is 7.48. The van der Waals surface area contributed by atoms with E-state index in [1.807, 2.05) is 24.3 Å². The Bertz CT molecular complexity index is 996. The summed E-state index contributed by atoms with van der Waals surface area (Å²) in [5.74, 6) is -0.133. The van der Waals surface area contributed by atoms with Gasteiger partial charge in [0.1, 0.15) is 6.10 Å². The van der Waals surface area contributed by atoms with Crippen LogP contribution >= 0.6 is 11.3 Å². The third-order valence-corrected chi connectivity index (χ3v) is 6.10. The molecule has 1 N–H and O–H groups in total. The Morgan fingerprint density at radius 1 is 1.14 bits per heavy atom. The van der Waals surface area contributed by atoms with Crippen molar-refractivity contribution in [2.45, 2.75) is 31.4 Å². The molecule has 1 aliphatic carbocycles. The van der Waals surface area contributed by atoms with Crippen LogP contribution in [0, 0.1) is 5.95 Å². The quantitative estimate of drug-likeness (QED) is 0.635. The first-order valence-electron chi connectivity index (χ1n) is 9.47. The Hall–Kier alpha value is -2.51. The molecular weight excluding hydrogens is 377 g/mol. The second-order valence-electron chi connectivity index (χ2n) is 7.08. The molecule has 0 unspecified atom stereocenters. The number of halogens is 1. The molecule has 3 aromatic rings. The summed E-state index contributed by atoms with van der Waals surface area (Å²) in [6, 6.07) is 11.6. The minimum absolute atomic E-state index is 0.0281. The van der Waals surface area contributed by atoms with Gasteiger partial charge < -0.3 is 14.8 Å². The van der Waals surface area contributed by atoms with Crippen LogP contribution in [0.2, 0.25) is 0 Å². The number of benzene rings is 1. The van der Waals surface area contributed by atoms with Crippen molar-refractivity contribution in [2.24, 2.45) is 0 Å². The van der Waals surface area contributed by atoms with E-state index in [2.05, 4.69) is 21.4 Å². The summed E-state index contributed by atoms with van der Waals surface area (Å²) in [4.78, 5) is 8.62. The Balaban J connectivity index is 1.24. The van der Waals surface area contributed by atoms with Crippen molar-refractivity contribution >= 4 is 32.3 Å². The second-order valence-corrected chi connectivity index (χ2v) is 8.11. The zero-order valence-corrected chi connectivity index (χ0v) is 16.0. The van der Waals surface area contributed by atoms with Crippen LogP contribution in [0.5, 0.6) is 5.88 Å². The molecule has 0 saturated heterocycles. The Kier molecular flexibility index (Phi) is 4.70. The van der Waals surface area contributed by atoms with Crippen LogP contribution in [0.4, 0.5) is 9.52 Å². The molecule has 0 bridgehead atoms. The van der Waals surface area contributed by atoms with Crippen molar-refractivity contribution in [3.05, 3.63) is 54.0 Å². The largest absolute Gasteiger partial charge is 0.474 e. The van der Waals surface area contributed by atoms with E-state index in [0.717, 1.165) is 41.0 Å². The van der Waals surface area contributed by atoms with E-state index < -0.39 is 5.95 Å². The van der Waals surface area contributed by atoms with E-state index in [9.17, 15) is 4.39 Å². The maximum Gasteiger partial charge on any atom is 0.223 e. The van der Waals surface area contributed by atoms with Crippen LogP contribution < -0.4 is 10.1 Å². The molecule has 0 radical (unpaired) electrons. The van der Waals surface area contributed by atoms with E-state index in [-0.39, 0.29) is 6.10 Å². The maximum absolute atomic E-state index is 13.7. The monoisotopic (exact) mass is 397 g/mol. The Morgan fingerprint density at radius 2 is 2.04 bits per heavy atom. The lowest BCUT2D eigenvalue weighted by molar-refractivity contribution is 0.101. The number of nitrogens with one attached hydrogen (secondary N) is 1. The number of nitrogens with zero attached hydrogens (tertiary/aromatic N) is 2. The Morgan fingerprint density at radius 3 is 2.86 bits per heavy atom. The number of rotatable bonds is 5. The molecule has 28 heavy (non-hydrogen) atoms. The molecule has 144 valence electrons. The van der Waals surface area contributed by atoms with Gasteiger partial charge in [-0.05, 0) is 36.3 Å². The molecule has 3 heterocycles. The van der Waals surface area contributed by atoms with Gasteiger partial charge in [-0.1, -0.05) is 29.5 Å². The van der Waals surface area contributed by atoms with Crippen LogP contribution in [0.3, 0.4) is 0 Å². The first-order valence-corrected chi connectivity index (χ1v) is 10.3. The predicted octanol–water partition coefficient (Wildman–Crippen LogP) is 4.66. The highest BCUT2D eigenvalue weighted by Crippen LogP contribution is 2.34. The number of hydrogen-bond donors (Lipinski definition) is 1. The number of pyridine rings is 1. The molecule has 0 amide bonds. The van der Waals surface area contributed by atoms with Crippen molar-refractivity contribution < 1.29 is 13.9 Å². The van der Waals surface area contributed by atoms with Crippen LogP contribution in [0.25, 0.3) is 15.8 Å². The average Bonchev–Trinajstić information content (AvgIpc) is 3.10. The zero-order valence-electron chi connectivity index (χ0n) is 15.2. The first-order chi connectivity index (χ1) is 13.7. The minimum Gasteiger partial charge on any atom is -0.474 e. The van der Waals surface area contributed by atoms with Crippen LogP contribution in [0.1, 0.15) is 24.8 Å². The summed E-state index contributed by atoms with van der Waals surface area (Å²) in [5.41, 5.74) is 2.99. The average molecular weight is 397 g/mol. The van der Waals surface area contributed by atoms with Crippen molar-refractivity contribution in [3.63, 3.8) is 0 Å². The summed E-state index contributed by atoms with van der Waals surface area (Å²) in [6.07, 6.45) is 4.52.